The van der Waals surface area contributed by atoms with Crippen molar-refractivity contribution in [3.05, 3.63) is 33.9 Å². The maximum atomic E-state index is 11.9. The normalized spacial score (nSPS) is 11.8. The van der Waals surface area contributed by atoms with Gasteiger partial charge in [0.15, 0.2) is 0 Å². The summed E-state index contributed by atoms with van der Waals surface area (Å²) in [5.74, 6) is -0.289. The van der Waals surface area contributed by atoms with Crippen LogP contribution in [0.15, 0.2) is 18.2 Å². The van der Waals surface area contributed by atoms with Gasteiger partial charge in [-0.3, -0.25) is 14.9 Å². The van der Waals surface area contributed by atoms with Gasteiger partial charge in [0.05, 0.1) is 11.0 Å². The van der Waals surface area contributed by atoms with Crippen molar-refractivity contribution >= 4 is 17.3 Å². The minimum Gasteiger partial charge on any atom is -0.383 e. The number of carbonyl (C=O) groups excluding carboxylic acids is 1. The molecule has 0 spiro atoms. The summed E-state index contributed by atoms with van der Waals surface area (Å²) in [5.41, 5.74) is 0.607. The van der Waals surface area contributed by atoms with E-state index in [4.69, 9.17) is 4.74 Å². The number of ether oxygens (including phenoxy) is 1. The Bertz CT molecular complexity index is 491. The minimum absolute atomic E-state index is 0.0632. The standard InChI is InChI=1S/C13H19N3O4/c1-4-20-9(2)8-15-13(17)10-5-6-12(16(18)19)11(7-10)14-3/h5-7,9,14H,4,8H2,1-3H3,(H,15,17). The quantitative estimate of drug-likeness (QED) is 0.587. The smallest absolute Gasteiger partial charge is 0.292 e. The van der Waals surface area contributed by atoms with Crippen LogP contribution in [0.5, 0.6) is 0 Å². The summed E-state index contributed by atoms with van der Waals surface area (Å²) >= 11 is 0. The Hall–Kier alpha value is -2.15. The van der Waals surface area contributed by atoms with Gasteiger partial charge in [-0.25, -0.2) is 0 Å². The minimum atomic E-state index is -0.495. The average Bonchev–Trinajstić information content (AvgIpc) is 2.44. The summed E-state index contributed by atoms with van der Waals surface area (Å²) in [6.07, 6.45) is -0.0780. The number of amides is 1. The van der Waals surface area contributed by atoms with Crippen LogP contribution in [0.1, 0.15) is 24.2 Å². The lowest BCUT2D eigenvalue weighted by Gasteiger charge is -2.13. The molecule has 0 aliphatic rings. The van der Waals surface area contributed by atoms with Crippen molar-refractivity contribution in [3.63, 3.8) is 0 Å². The molecular weight excluding hydrogens is 262 g/mol. The summed E-state index contributed by atoms with van der Waals surface area (Å²) in [6, 6.07) is 4.20. The third-order valence-corrected chi connectivity index (χ3v) is 2.73. The van der Waals surface area contributed by atoms with E-state index in [0.29, 0.717) is 24.4 Å². The number of hydrogen-bond donors (Lipinski definition) is 2. The second kappa shape index (κ2) is 7.44. The van der Waals surface area contributed by atoms with Gasteiger partial charge in [0.25, 0.3) is 11.6 Å². The number of nitro groups is 1. The van der Waals surface area contributed by atoms with Gasteiger partial charge in [-0.05, 0) is 26.0 Å². The molecule has 1 aromatic rings. The third kappa shape index (κ3) is 4.20. The number of anilines is 1. The van der Waals surface area contributed by atoms with Gasteiger partial charge in [0.1, 0.15) is 5.69 Å². The third-order valence-electron chi connectivity index (χ3n) is 2.73. The molecule has 0 aromatic heterocycles. The summed E-state index contributed by atoms with van der Waals surface area (Å²) in [6.45, 7) is 4.71. The van der Waals surface area contributed by atoms with E-state index in [9.17, 15) is 14.9 Å². The molecule has 1 atom stereocenters. The molecule has 1 rings (SSSR count). The Kier molecular flexibility index (Phi) is 5.92. The number of hydrogen-bond acceptors (Lipinski definition) is 5. The Morgan fingerprint density at radius 2 is 2.20 bits per heavy atom. The lowest BCUT2D eigenvalue weighted by atomic mass is 10.1. The second-order valence-electron chi connectivity index (χ2n) is 4.22. The Morgan fingerprint density at radius 3 is 2.75 bits per heavy atom. The summed E-state index contributed by atoms with van der Waals surface area (Å²) in [4.78, 5) is 22.2. The van der Waals surface area contributed by atoms with Crippen LogP contribution in [0.25, 0.3) is 0 Å². The monoisotopic (exact) mass is 281 g/mol. The lowest BCUT2D eigenvalue weighted by molar-refractivity contribution is -0.383. The summed E-state index contributed by atoms with van der Waals surface area (Å²) < 4.78 is 5.31. The molecule has 7 nitrogen and oxygen atoms in total. The molecule has 0 radical (unpaired) electrons. The molecule has 7 heteroatoms. The van der Waals surface area contributed by atoms with Crippen LogP contribution in [0.4, 0.5) is 11.4 Å². The summed E-state index contributed by atoms with van der Waals surface area (Å²) in [5, 5.41) is 16.2. The van der Waals surface area contributed by atoms with Crippen molar-refractivity contribution in [2.45, 2.75) is 20.0 Å². The highest BCUT2D eigenvalue weighted by atomic mass is 16.6. The van der Waals surface area contributed by atoms with Crippen molar-refractivity contribution < 1.29 is 14.5 Å². The number of nitro benzene ring substituents is 1. The van der Waals surface area contributed by atoms with Crippen molar-refractivity contribution in [1.82, 2.24) is 5.32 Å². The molecule has 0 aliphatic carbocycles. The van der Waals surface area contributed by atoms with Gasteiger partial charge in [0.2, 0.25) is 0 Å². The van der Waals surface area contributed by atoms with E-state index < -0.39 is 4.92 Å². The van der Waals surface area contributed by atoms with Crippen LogP contribution in [0, 0.1) is 10.1 Å². The van der Waals surface area contributed by atoms with E-state index in [2.05, 4.69) is 10.6 Å². The first-order valence-electron chi connectivity index (χ1n) is 6.35. The van der Waals surface area contributed by atoms with Crippen molar-refractivity contribution in [3.8, 4) is 0 Å². The molecule has 0 saturated heterocycles. The lowest BCUT2D eigenvalue weighted by Crippen LogP contribution is -2.32. The van der Waals surface area contributed by atoms with Gasteiger partial charge in [0, 0.05) is 31.8 Å². The molecule has 2 N–H and O–H groups in total. The van der Waals surface area contributed by atoms with Crippen LogP contribution in [-0.2, 0) is 4.74 Å². The highest BCUT2D eigenvalue weighted by Gasteiger charge is 2.16. The molecule has 0 bridgehead atoms. The van der Waals surface area contributed by atoms with Crippen LogP contribution >= 0.6 is 0 Å². The largest absolute Gasteiger partial charge is 0.383 e. The predicted octanol–water partition coefficient (Wildman–Crippen LogP) is 1.79. The predicted molar refractivity (Wildman–Crippen MR) is 76.1 cm³/mol. The highest BCUT2D eigenvalue weighted by molar-refractivity contribution is 5.95. The second-order valence-corrected chi connectivity index (χ2v) is 4.22. The molecule has 1 amide bonds. The van der Waals surface area contributed by atoms with E-state index in [-0.39, 0.29) is 17.7 Å². The average molecular weight is 281 g/mol. The maximum Gasteiger partial charge on any atom is 0.292 e. The van der Waals surface area contributed by atoms with Crippen LogP contribution < -0.4 is 10.6 Å². The number of nitrogens with zero attached hydrogens (tertiary/aromatic N) is 1. The number of rotatable bonds is 7. The zero-order valence-electron chi connectivity index (χ0n) is 11.8. The molecule has 110 valence electrons. The van der Waals surface area contributed by atoms with Gasteiger partial charge < -0.3 is 15.4 Å². The molecule has 0 fully saturated rings. The van der Waals surface area contributed by atoms with Gasteiger partial charge in [-0.1, -0.05) is 0 Å². The fraction of sp³-hybridized carbons (Fsp3) is 0.462. The maximum absolute atomic E-state index is 11.9. The van der Waals surface area contributed by atoms with Crippen molar-refractivity contribution in [1.29, 1.82) is 0 Å². The van der Waals surface area contributed by atoms with E-state index in [0.717, 1.165) is 0 Å². The molecule has 0 heterocycles. The SMILES string of the molecule is CCOC(C)CNC(=O)c1ccc([N+](=O)[O-])c(NC)c1. The fourth-order valence-corrected chi connectivity index (χ4v) is 1.72. The number of nitrogens with one attached hydrogen (secondary N) is 2. The van der Waals surface area contributed by atoms with Gasteiger partial charge >= 0.3 is 0 Å². The van der Waals surface area contributed by atoms with E-state index >= 15 is 0 Å². The Morgan fingerprint density at radius 1 is 1.50 bits per heavy atom. The van der Waals surface area contributed by atoms with Crippen molar-refractivity contribution in [2.24, 2.45) is 0 Å². The van der Waals surface area contributed by atoms with E-state index in [1.165, 1.54) is 18.2 Å². The van der Waals surface area contributed by atoms with Gasteiger partial charge in [-0.15, -0.1) is 0 Å². The molecule has 20 heavy (non-hydrogen) atoms. The van der Waals surface area contributed by atoms with E-state index in [1.54, 1.807) is 7.05 Å². The zero-order valence-corrected chi connectivity index (χ0v) is 11.8. The number of carbonyl (C=O) groups is 1. The number of benzene rings is 1. The molecule has 1 aromatic carbocycles. The van der Waals surface area contributed by atoms with Crippen molar-refractivity contribution in [2.75, 3.05) is 25.5 Å². The Balaban J connectivity index is 2.76. The van der Waals surface area contributed by atoms with Gasteiger partial charge in [-0.2, -0.15) is 0 Å². The van der Waals surface area contributed by atoms with Crippen LogP contribution in [0.3, 0.4) is 0 Å². The Labute approximate surface area is 117 Å². The zero-order chi connectivity index (χ0) is 15.1. The molecule has 0 saturated carbocycles. The topological polar surface area (TPSA) is 93.5 Å². The fourth-order valence-electron chi connectivity index (χ4n) is 1.72. The van der Waals surface area contributed by atoms with Crippen LogP contribution in [0.2, 0.25) is 0 Å². The molecular formula is C13H19N3O4. The first-order chi connectivity index (χ1) is 9.49. The summed E-state index contributed by atoms with van der Waals surface area (Å²) in [7, 11) is 1.57. The highest BCUT2D eigenvalue weighted by Crippen LogP contribution is 2.24. The first-order valence-corrected chi connectivity index (χ1v) is 6.35. The first kappa shape index (κ1) is 15.9. The molecule has 1 unspecified atom stereocenters. The van der Waals surface area contributed by atoms with Crippen LogP contribution in [-0.4, -0.2) is 37.1 Å². The molecule has 0 aliphatic heterocycles. The van der Waals surface area contributed by atoms with E-state index in [1.807, 2.05) is 13.8 Å².